The molecule has 0 atom stereocenters. The highest BCUT2D eigenvalue weighted by atomic mass is 28.4. The zero-order valence-corrected chi connectivity index (χ0v) is 16.4. The summed E-state index contributed by atoms with van der Waals surface area (Å²) in [7, 11) is -1.62. The number of H-pyrrole nitrogens is 1. The molecule has 0 amide bonds. The molecule has 4 heteroatoms. The number of fused-ring (bicyclic) bond motifs is 3. The van der Waals surface area contributed by atoms with Gasteiger partial charge in [-0.1, -0.05) is 32.9 Å². The number of rotatable bonds is 5. The molecule has 0 bridgehead atoms. The van der Waals surface area contributed by atoms with Gasteiger partial charge in [0, 0.05) is 40.8 Å². The molecule has 3 nitrogen and oxygen atoms in total. The molecule has 0 saturated heterocycles. The fourth-order valence-electron chi connectivity index (χ4n) is 2.77. The Morgan fingerprint density at radius 3 is 2.62 bits per heavy atom. The van der Waals surface area contributed by atoms with Crippen LogP contribution < -0.4 is 0 Å². The Kier molecular flexibility index (Phi) is 4.54. The van der Waals surface area contributed by atoms with Gasteiger partial charge in [-0.3, -0.25) is 4.98 Å². The molecule has 1 N–H and O–H groups in total. The lowest BCUT2D eigenvalue weighted by molar-refractivity contribution is 0.282. The van der Waals surface area contributed by atoms with E-state index in [0.717, 1.165) is 25.0 Å². The van der Waals surface area contributed by atoms with Crippen molar-refractivity contribution in [3.8, 4) is 0 Å². The molecule has 1 aromatic carbocycles. The molecule has 0 radical (unpaired) electrons. The molecular weight excluding hydrogens is 312 g/mol. The Morgan fingerprint density at radius 1 is 1.08 bits per heavy atom. The summed E-state index contributed by atoms with van der Waals surface area (Å²) in [5.74, 6) is 0. The maximum atomic E-state index is 6.27. The predicted octanol–water partition coefficient (Wildman–Crippen LogP) is 5.67. The topological polar surface area (TPSA) is 37.9 Å². The van der Waals surface area contributed by atoms with Crippen molar-refractivity contribution in [2.45, 2.75) is 51.7 Å². The van der Waals surface area contributed by atoms with Gasteiger partial charge in [-0.25, -0.2) is 0 Å². The van der Waals surface area contributed by atoms with Crippen molar-refractivity contribution in [2.75, 3.05) is 6.61 Å². The van der Waals surface area contributed by atoms with E-state index in [1.165, 1.54) is 21.9 Å². The molecule has 0 saturated carbocycles. The fraction of sp³-hybridized carbons (Fsp3) is 0.450. The number of aromatic amines is 1. The van der Waals surface area contributed by atoms with E-state index < -0.39 is 8.32 Å². The number of hydrogen-bond donors (Lipinski definition) is 1. The standard InChI is InChI=1S/C20H28N2OSi/c1-20(2,3)24(4,5)23-12-6-7-15-8-9-16-17-14-21-11-10-18(17)22-19(16)13-15/h8-11,13-14,22H,6-7,12H2,1-5H3. The van der Waals surface area contributed by atoms with Crippen molar-refractivity contribution in [1.82, 2.24) is 9.97 Å². The maximum absolute atomic E-state index is 6.27. The van der Waals surface area contributed by atoms with Crippen molar-refractivity contribution in [2.24, 2.45) is 0 Å². The molecule has 3 aromatic rings. The van der Waals surface area contributed by atoms with Gasteiger partial charge < -0.3 is 9.41 Å². The molecule has 0 unspecified atom stereocenters. The third-order valence-corrected chi connectivity index (χ3v) is 9.88. The van der Waals surface area contributed by atoms with Gasteiger partial charge in [-0.2, -0.15) is 0 Å². The molecule has 0 aliphatic rings. The second-order valence-corrected chi connectivity index (χ2v) is 12.9. The fourth-order valence-corrected chi connectivity index (χ4v) is 3.86. The van der Waals surface area contributed by atoms with Crippen molar-refractivity contribution in [1.29, 1.82) is 0 Å². The quantitative estimate of drug-likeness (QED) is 0.480. The van der Waals surface area contributed by atoms with E-state index in [4.69, 9.17) is 4.43 Å². The Labute approximate surface area is 145 Å². The Morgan fingerprint density at radius 2 is 1.88 bits per heavy atom. The van der Waals surface area contributed by atoms with Gasteiger partial charge in [0.05, 0.1) is 0 Å². The summed E-state index contributed by atoms with van der Waals surface area (Å²) < 4.78 is 6.27. The van der Waals surface area contributed by atoms with Gasteiger partial charge >= 0.3 is 0 Å². The lowest BCUT2D eigenvalue weighted by atomic mass is 10.1. The number of nitrogens with zero attached hydrogens (tertiary/aromatic N) is 1. The summed E-state index contributed by atoms with van der Waals surface area (Å²) in [6, 6.07) is 8.73. The minimum Gasteiger partial charge on any atom is -0.417 e. The number of aromatic nitrogens is 2. The van der Waals surface area contributed by atoms with E-state index in [2.05, 4.69) is 62.0 Å². The van der Waals surface area contributed by atoms with E-state index in [-0.39, 0.29) is 5.04 Å². The third kappa shape index (κ3) is 3.40. The lowest BCUT2D eigenvalue weighted by Gasteiger charge is -2.36. The number of nitrogens with one attached hydrogen (secondary N) is 1. The zero-order valence-electron chi connectivity index (χ0n) is 15.4. The van der Waals surface area contributed by atoms with Crippen molar-refractivity contribution in [3.63, 3.8) is 0 Å². The highest BCUT2D eigenvalue weighted by Gasteiger charge is 2.36. The summed E-state index contributed by atoms with van der Waals surface area (Å²) >= 11 is 0. The second-order valence-electron chi connectivity index (χ2n) is 8.14. The van der Waals surface area contributed by atoms with Crippen molar-refractivity contribution < 1.29 is 4.43 Å². The van der Waals surface area contributed by atoms with Gasteiger partial charge in [0.15, 0.2) is 8.32 Å². The molecule has 0 aliphatic heterocycles. The molecule has 3 rings (SSSR count). The second kappa shape index (κ2) is 6.34. The van der Waals surface area contributed by atoms with E-state index in [0.29, 0.717) is 0 Å². The van der Waals surface area contributed by atoms with Crippen LogP contribution in [-0.4, -0.2) is 24.9 Å². The minimum absolute atomic E-state index is 0.282. The molecule has 2 heterocycles. The van der Waals surface area contributed by atoms with Crippen LogP contribution in [0.1, 0.15) is 32.8 Å². The summed E-state index contributed by atoms with van der Waals surface area (Å²) in [5, 5.41) is 2.73. The molecular formula is C20H28N2OSi. The summed E-state index contributed by atoms with van der Waals surface area (Å²) in [6.45, 7) is 12.4. The van der Waals surface area contributed by atoms with Gasteiger partial charge in [0.2, 0.25) is 0 Å². The normalized spacial score (nSPS) is 13.0. The molecule has 0 fully saturated rings. The Hall–Kier alpha value is -1.65. The highest BCUT2D eigenvalue weighted by molar-refractivity contribution is 6.74. The van der Waals surface area contributed by atoms with Crippen LogP contribution in [0.5, 0.6) is 0 Å². The Balaban J connectivity index is 1.65. The maximum Gasteiger partial charge on any atom is 0.191 e. The average molecular weight is 341 g/mol. The van der Waals surface area contributed by atoms with Gasteiger partial charge in [-0.15, -0.1) is 0 Å². The van der Waals surface area contributed by atoms with E-state index in [1.54, 1.807) is 0 Å². The molecule has 128 valence electrons. The molecule has 0 aliphatic carbocycles. The van der Waals surface area contributed by atoms with Crippen LogP contribution in [0, 0.1) is 0 Å². The van der Waals surface area contributed by atoms with Crippen LogP contribution in [0.15, 0.2) is 36.7 Å². The highest BCUT2D eigenvalue weighted by Crippen LogP contribution is 2.36. The van der Waals surface area contributed by atoms with Crippen LogP contribution in [0.2, 0.25) is 18.1 Å². The first-order chi connectivity index (χ1) is 11.3. The Bertz CT molecular complexity index is 846. The third-order valence-electron chi connectivity index (χ3n) is 5.34. The zero-order chi connectivity index (χ0) is 17.4. The van der Waals surface area contributed by atoms with E-state index >= 15 is 0 Å². The number of benzene rings is 1. The van der Waals surface area contributed by atoms with Crippen molar-refractivity contribution in [3.05, 3.63) is 42.2 Å². The van der Waals surface area contributed by atoms with Crippen LogP contribution in [0.25, 0.3) is 21.8 Å². The van der Waals surface area contributed by atoms with E-state index in [9.17, 15) is 0 Å². The SMILES string of the molecule is CC(C)(C)[Si](C)(C)OCCCc1ccc2c(c1)[nH]c1ccncc12. The van der Waals surface area contributed by atoms with Crippen molar-refractivity contribution >= 4 is 30.1 Å². The smallest absolute Gasteiger partial charge is 0.191 e. The summed E-state index contributed by atoms with van der Waals surface area (Å²) in [5.41, 5.74) is 3.71. The molecule has 0 spiro atoms. The first-order valence-electron chi connectivity index (χ1n) is 8.76. The van der Waals surface area contributed by atoms with Gasteiger partial charge in [0.25, 0.3) is 0 Å². The number of hydrogen-bond acceptors (Lipinski definition) is 2. The average Bonchev–Trinajstić information content (AvgIpc) is 2.88. The number of aryl methyl sites for hydroxylation is 1. The van der Waals surface area contributed by atoms with Crippen LogP contribution >= 0.6 is 0 Å². The first kappa shape index (κ1) is 17.2. The number of pyridine rings is 1. The first-order valence-corrected chi connectivity index (χ1v) is 11.7. The minimum atomic E-state index is -1.62. The summed E-state index contributed by atoms with van der Waals surface area (Å²) in [6.07, 6.45) is 5.88. The van der Waals surface area contributed by atoms with Gasteiger partial charge in [-0.05, 0) is 48.7 Å². The summed E-state index contributed by atoms with van der Waals surface area (Å²) in [4.78, 5) is 7.72. The van der Waals surface area contributed by atoms with E-state index in [1.807, 2.05) is 18.5 Å². The molecule has 24 heavy (non-hydrogen) atoms. The molecule has 2 aromatic heterocycles. The van der Waals surface area contributed by atoms with Crippen LogP contribution in [0.3, 0.4) is 0 Å². The van der Waals surface area contributed by atoms with Crippen LogP contribution in [-0.2, 0) is 10.8 Å². The lowest BCUT2D eigenvalue weighted by Crippen LogP contribution is -2.41. The monoisotopic (exact) mass is 340 g/mol. The van der Waals surface area contributed by atoms with Gasteiger partial charge in [0.1, 0.15) is 0 Å². The predicted molar refractivity (Wildman–Crippen MR) is 105 cm³/mol. The largest absolute Gasteiger partial charge is 0.417 e. The van der Waals surface area contributed by atoms with Crippen LogP contribution in [0.4, 0.5) is 0 Å².